The normalized spacial score (nSPS) is 22.2. The molecule has 5 heteroatoms. The molecule has 3 amide bonds. The van der Waals surface area contributed by atoms with Gasteiger partial charge in [-0.3, -0.25) is 19.7 Å². The molecule has 0 spiro atoms. The van der Waals surface area contributed by atoms with Gasteiger partial charge < -0.3 is 5.32 Å². The maximum absolute atomic E-state index is 10.9. The number of nitrogens with one attached hydrogen (secondary N) is 2. The van der Waals surface area contributed by atoms with Gasteiger partial charge in [0.2, 0.25) is 17.7 Å². The van der Waals surface area contributed by atoms with E-state index in [2.05, 4.69) is 10.6 Å². The van der Waals surface area contributed by atoms with Crippen molar-refractivity contribution >= 4 is 17.7 Å². The van der Waals surface area contributed by atoms with Crippen molar-refractivity contribution in [1.82, 2.24) is 10.6 Å². The van der Waals surface area contributed by atoms with Gasteiger partial charge in [-0.15, -0.1) is 0 Å². The second-order valence-electron chi connectivity index (χ2n) is 2.69. The van der Waals surface area contributed by atoms with E-state index in [0.29, 0.717) is 0 Å². The highest BCUT2D eigenvalue weighted by Crippen LogP contribution is 2.14. The third kappa shape index (κ3) is 1.81. The van der Waals surface area contributed by atoms with Gasteiger partial charge in [0.05, 0.1) is 5.92 Å². The molecule has 1 fully saturated rings. The largest absolute Gasteiger partial charge is 0.359 e. The summed E-state index contributed by atoms with van der Waals surface area (Å²) in [5.74, 6) is -1.33. The average molecular weight is 170 g/mol. The Balaban J connectivity index is 2.48. The molecule has 1 aliphatic rings. The number of imide groups is 1. The lowest BCUT2D eigenvalue weighted by Crippen LogP contribution is -2.26. The lowest BCUT2D eigenvalue weighted by Gasteiger charge is -2.02. The maximum Gasteiger partial charge on any atom is 0.230 e. The molecule has 1 rings (SSSR count). The smallest absolute Gasteiger partial charge is 0.230 e. The SMILES string of the molecule is CNC(=O)CC1CC(=O)NC1=O. The van der Waals surface area contributed by atoms with Crippen molar-refractivity contribution in [2.45, 2.75) is 12.8 Å². The highest BCUT2D eigenvalue weighted by molar-refractivity contribution is 6.04. The fraction of sp³-hybridized carbons (Fsp3) is 0.571. The molecule has 0 bridgehead atoms. The van der Waals surface area contributed by atoms with E-state index in [-0.39, 0.29) is 30.6 Å². The minimum absolute atomic E-state index is 0.0913. The third-order valence-corrected chi connectivity index (χ3v) is 1.78. The molecule has 5 nitrogen and oxygen atoms in total. The third-order valence-electron chi connectivity index (χ3n) is 1.78. The van der Waals surface area contributed by atoms with Crippen LogP contribution in [0.15, 0.2) is 0 Å². The van der Waals surface area contributed by atoms with Gasteiger partial charge in [-0.2, -0.15) is 0 Å². The van der Waals surface area contributed by atoms with Crippen LogP contribution in [0.2, 0.25) is 0 Å². The van der Waals surface area contributed by atoms with E-state index >= 15 is 0 Å². The van der Waals surface area contributed by atoms with Crippen molar-refractivity contribution < 1.29 is 14.4 Å². The van der Waals surface area contributed by atoms with E-state index < -0.39 is 5.92 Å². The Morgan fingerprint density at radius 3 is 2.75 bits per heavy atom. The number of rotatable bonds is 2. The standard InChI is InChI=1S/C7H10N2O3/c1-8-5(10)2-4-3-6(11)9-7(4)12/h4H,2-3H2,1H3,(H,8,10)(H,9,11,12). The molecule has 0 saturated carbocycles. The summed E-state index contributed by atoms with van der Waals surface area (Å²) in [5, 5.41) is 4.54. The number of carbonyl (C=O) groups is 3. The first-order chi connectivity index (χ1) is 5.63. The van der Waals surface area contributed by atoms with E-state index in [0.717, 1.165) is 0 Å². The average Bonchev–Trinajstić information content (AvgIpc) is 2.30. The fourth-order valence-corrected chi connectivity index (χ4v) is 1.10. The zero-order valence-corrected chi connectivity index (χ0v) is 6.72. The molecular weight excluding hydrogens is 160 g/mol. The highest BCUT2D eigenvalue weighted by atomic mass is 16.2. The minimum atomic E-state index is -0.475. The monoisotopic (exact) mass is 170 g/mol. The van der Waals surface area contributed by atoms with E-state index in [1.54, 1.807) is 0 Å². The van der Waals surface area contributed by atoms with Crippen LogP contribution in [0, 0.1) is 5.92 Å². The second kappa shape index (κ2) is 3.34. The van der Waals surface area contributed by atoms with Gasteiger partial charge in [-0.05, 0) is 0 Å². The van der Waals surface area contributed by atoms with Crippen LogP contribution in [0.5, 0.6) is 0 Å². The van der Waals surface area contributed by atoms with Crippen molar-refractivity contribution in [2.75, 3.05) is 7.05 Å². The van der Waals surface area contributed by atoms with Gasteiger partial charge in [-0.1, -0.05) is 0 Å². The summed E-state index contributed by atoms with van der Waals surface area (Å²) in [6.45, 7) is 0. The van der Waals surface area contributed by atoms with Crippen molar-refractivity contribution in [1.29, 1.82) is 0 Å². The fourth-order valence-electron chi connectivity index (χ4n) is 1.10. The zero-order valence-electron chi connectivity index (χ0n) is 6.72. The Morgan fingerprint density at radius 2 is 2.33 bits per heavy atom. The molecule has 0 aliphatic carbocycles. The predicted octanol–water partition coefficient (Wildman–Crippen LogP) is -1.21. The number of carbonyl (C=O) groups excluding carboxylic acids is 3. The molecule has 0 aromatic heterocycles. The number of hydrogen-bond acceptors (Lipinski definition) is 3. The van der Waals surface area contributed by atoms with Crippen molar-refractivity contribution in [3.05, 3.63) is 0 Å². The highest BCUT2D eigenvalue weighted by Gasteiger charge is 2.31. The molecule has 1 heterocycles. The van der Waals surface area contributed by atoms with Crippen LogP contribution in [0.25, 0.3) is 0 Å². The van der Waals surface area contributed by atoms with Gasteiger partial charge in [0.25, 0.3) is 0 Å². The van der Waals surface area contributed by atoms with Crippen LogP contribution in [0.1, 0.15) is 12.8 Å². The molecule has 12 heavy (non-hydrogen) atoms. The lowest BCUT2D eigenvalue weighted by atomic mass is 10.0. The summed E-state index contributed by atoms with van der Waals surface area (Å²) >= 11 is 0. The van der Waals surface area contributed by atoms with Gasteiger partial charge in [-0.25, -0.2) is 0 Å². The Labute approximate surface area is 69.5 Å². The van der Waals surface area contributed by atoms with E-state index in [1.807, 2.05) is 0 Å². The molecule has 1 unspecified atom stereocenters. The van der Waals surface area contributed by atoms with Crippen molar-refractivity contribution in [2.24, 2.45) is 5.92 Å². The second-order valence-corrected chi connectivity index (χ2v) is 2.69. The Bertz CT molecular complexity index is 237. The molecule has 1 saturated heterocycles. The molecule has 0 aromatic rings. The van der Waals surface area contributed by atoms with Gasteiger partial charge in [0.1, 0.15) is 0 Å². The molecule has 1 aliphatic heterocycles. The van der Waals surface area contributed by atoms with Gasteiger partial charge in [0.15, 0.2) is 0 Å². The minimum Gasteiger partial charge on any atom is -0.359 e. The molecule has 0 aromatic carbocycles. The summed E-state index contributed by atoms with van der Waals surface area (Å²) in [6.07, 6.45) is 0.223. The molecule has 2 N–H and O–H groups in total. The van der Waals surface area contributed by atoms with Crippen LogP contribution in [-0.4, -0.2) is 24.8 Å². The summed E-state index contributed by atoms with van der Waals surface area (Å²) in [7, 11) is 1.50. The van der Waals surface area contributed by atoms with Crippen LogP contribution in [0.3, 0.4) is 0 Å². The molecule has 1 atom stereocenters. The maximum atomic E-state index is 10.9. The first kappa shape index (κ1) is 8.70. The van der Waals surface area contributed by atoms with Crippen LogP contribution >= 0.6 is 0 Å². The summed E-state index contributed by atoms with van der Waals surface area (Å²) < 4.78 is 0. The zero-order chi connectivity index (χ0) is 9.14. The quantitative estimate of drug-likeness (QED) is 0.510. The van der Waals surface area contributed by atoms with Gasteiger partial charge in [0, 0.05) is 19.9 Å². The molecule has 66 valence electrons. The first-order valence-electron chi connectivity index (χ1n) is 3.67. The van der Waals surface area contributed by atoms with E-state index in [9.17, 15) is 14.4 Å². The Morgan fingerprint density at radius 1 is 1.67 bits per heavy atom. The molecular formula is C7H10N2O3. The summed E-state index contributed by atoms with van der Waals surface area (Å²) in [4.78, 5) is 32.4. The van der Waals surface area contributed by atoms with Gasteiger partial charge >= 0.3 is 0 Å². The summed E-state index contributed by atoms with van der Waals surface area (Å²) in [6, 6.07) is 0. The number of amides is 3. The van der Waals surface area contributed by atoms with Crippen LogP contribution in [0.4, 0.5) is 0 Å². The van der Waals surface area contributed by atoms with Crippen LogP contribution in [-0.2, 0) is 14.4 Å². The predicted molar refractivity (Wildman–Crippen MR) is 39.9 cm³/mol. The topological polar surface area (TPSA) is 75.3 Å². The van der Waals surface area contributed by atoms with Crippen molar-refractivity contribution in [3.8, 4) is 0 Å². The Hall–Kier alpha value is -1.39. The van der Waals surface area contributed by atoms with Crippen molar-refractivity contribution in [3.63, 3.8) is 0 Å². The molecule has 0 radical (unpaired) electrons. The van der Waals surface area contributed by atoms with Crippen LogP contribution < -0.4 is 10.6 Å². The first-order valence-corrected chi connectivity index (χ1v) is 3.67. The Kier molecular flexibility index (Phi) is 2.42. The lowest BCUT2D eigenvalue weighted by molar-refractivity contribution is -0.129. The van der Waals surface area contributed by atoms with E-state index in [4.69, 9.17) is 0 Å². The number of hydrogen-bond donors (Lipinski definition) is 2. The van der Waals surface area contributed by atoms with E-state index in [1.165, 1.54) is 7.05 Å². The summed E-state index contributed by atoms with van der Waals surface area (Å²) in [5.41, 5.74) is 0.